The molecule has 0 saturated heterocycles. The van der Waals surface area contributed by atoms with Crippen molar-refractivity contribution < 1.29 is 13.6 Å². The fourth-order valence-electron chi connectivity index (χ4n) is 1.26. The first kappa shape index (κ1) is 15.1. The summed E-state index contributed by atoms with van der Waals surface area (Å²) in [4.78, 5) is 12.3. The highest BCUT2D eigenvalue weighted by atomic mass is 79.9. The quantitative estimate of drug-likeness (QED) is 0.566. The number of thiophene rings is 1. The molecular formula is C11H4Br3F2NOS. The number of carbonyl (C=O) groups excluding carboxylic acids is 1. The van der Waals surface area contributed by atoms with Gasteiger partial charge in [-0.25, -0.2) is 8.78 Å². The summed E-state index contributed by atoms with van der Waals surface area (Å²) in [5.41, 5.74) is -0.202. The summed E-state index contributed by atoms with van der Waals surface area (Å²) in [5.74, 6) is -1.86. The Labute approximate surface area is 136 Å². The van der Waals surface area contributed by atoms with Crippen molar-refractivity contribution in [3.63, 3.8) is 0 Å². The van der Waals surface area contributed by atoms with E-state index in [4.69, 9.17) is 0 Å². The molecule has 0 radical (unpaired) electrons. The Balaban J connectivity index is 2.26. The van der Waals surface area contributed by atoms with Crippen LogP contribution in [0.15, 0.2) is 30.9 Å². The lowest BCUT2D eigenvalue weighted by atomic mass is 10.3. The van der Waals surface area contributed by atoms with Crippen LogP contribution in [0.4, 0.5) is 14.5 Å². The highest BCUT2D eigenvalue weighted by molar-refractivity contribution is 9.13. The fraction of sp³-hybridized carbons (Fsp3) is 0. The normalized spacial score (nSPS) is 10.6. The number of hydrogen-bond donors (Lipinski definition) is 1. The summed E-state index contributed by atoms with van der Waals surface area (Å²) < 4.78 is 28.3. The zero-order chi connectivity index (χ0) is 14.2. The third kappa shape index (κ3) is 3.42. The number of anilines is 1. The van der Waals surface area contributed by atoms with Crippen LogP contribution in [-0.4, -0.2) is 5.91 Å². The molecule has 0 aliphatic heterocycles. The minimum atomic E-state index is -0.712. The van der Waals surface area contributed by atoms with Crippen LogP contribution in [0.1, 0.15) is 9.67 Å². The molecule has 8 heteroatoms. The number of amides is 1. The zero-order valence-corrected chi connectivity index (χ0v) is 14.5. The molecule has 2 aromatic rings. The molecule has 0 unspecified atom stereocenters. The molecule has 0 fully saturated rings. The van der Waals surface area contributed by atoms with Crippen molar-refractivity contribution in [2.75, 3.05) is 5.32 Å². The number of rotatable bonds is 2. The number of hydrogen-bond acceptors (Lipinski definition) is 2. The van der Waals surface area contributed by atoms with Crippen molar-refractivity contribution >= 4 is 70.7 Å². The third-order valence-corrected chi connectivity index (χ3v) is 5.99. The van der Waals surface area contributed by atoms with Crippen molar-refractivity contribution in [3.8, 4) is 0 Å². The van der Waals surface area contributed by atoms with Crippen LogP contribution in [0.25, 0.3) is 0 Å². The number of nitrogens with one attached hydrogen (secondary N) is 1. The first-order valence-electron chi connectivity index (χ1n) is 4.79. The maximum Gasteiger partial charge on any atom is 0.265 e. The number of halogens is 5. The first-order valence-corrected chi connectivity index (χ1v) is 7.98. The average Bonchev–Trinajstić information content (AvgIpc) is 2.67. The van der Waals surface area contributed by atoms with Gasteiger partial charge in [0.2, 0.25) is 0 Å². The van der Waals surface area contributed by atoms with Crippen LogP contribution < -0.4 is 5.32 Å². The number of benzene rings is 1. The van der Waals surface area contributed by atoms with Crippen molar-refractivity contribution in [2.45, 2.75) is 0 Å². The van der Waals surface area contributed by atoms with Gasteiger partial charge >= 0.3 is 0 Å². The van der Waals surface area contributed by atoms with E-state index in [1.54, 1.807) is 6.07 Å². The van der Waals surface area contributed by atoms with Gasteiger partial charge in [0.1, 0.15) is 11.6 Å². The minimum Gasteiger partial charge on any atom is -0.319 e. The Kier molecular flexibility index (Phi) is 4.75. The van der Waals surface area contributed by atoms with Gasteiger partial charge in [-0.1, -0.05) is 0 Å². The van der Waals surface area contributed by atoms with Crippen LogP contribution in [0.3, 0.4) is 0 Å². The van der Waals surface area contributed by atoms with Crippen molar-refractivity contribution in [1.82, 2.24) is 0 Å². The Morgan fingerprint density at radius 1 is 1.05 bits per heavy atom. The Bertz CT molecular complexity index is 640. The van der Waals surface area contributed by atoms with Gasteiger partial charge in [-0.2, -0.15) is 0 Å². The van der Waals surface area contributed by atoms with E-state index < -0.39 is 17.5 Å². The van der Waals surface area contributed by atoms with Crippen molar-refractivity contribution in [1.29, 1.82) is 0 Å². The molecule has 1 N–H and O–H groups in total. The van der Waals surface area contributed by atoms with Crippen molar-refractivity contribution in [3.05, 3.63) is 47.4 Å². The largest absolute Gasteiger partial charge is 0.319 e. The first-order chi connectivity index (χ1) is 8.88. The standard InChI is InChI=1S/C11H4Br3F2NOS/c12-4-1-7(16)8(3-6(4)15)17-11(18)9-2-5(13)10(14)19-9/h1-3H,(H,17,18). The molecule has 1 heterocycles. The second-order valence-corrected chi connectivity index (χ2v) is 7.51. The molecule has 0 bridgehead atoms. The molecule has 0 aliphatic rings. The Hall–Kier alpha value is -0.310. The highest BCUT2D eigenvalue weighted by Gasteiger charge is 2.15. The predicted octanol–water partition coefficient (Wildman–Crippen LogP) is 5.57. The van der Waals surface area contributed by atoms with Crippen LogP contribution >= 0.6 is 59.1 Å². The van der Waals surface area contributed by atoms with E-state index in [9.17, 15) is 13.6 Å². The SMILES string of the molecule is O=C(Nc1cc(F)c(Br)cc1F)c1cc(Br)c(Br)s1. The number of carbonyl (C=O) groups is 1. The van der Waals surface area contributed by atoms with E-state index in [1.165, 1.54) is 11.3 Å². The molecule has 1 aromatic carbocycles. The predicted molar refractivity (Wildman–Crippen MR) is 81.7 cm³/mol. The molecule has 0 atom stereocenters. The van der Waals surface area contributed by atoms with E-state index in [2.05, 4.69) is 53.1 Å². The van der Waals surface area contributed by atoms with Crippen LogP contribution in [0, 0.1) is 11.6 Å². The lowest BCUT2D eigenvalue weighted by Gasteiger charge is -2.06. The Morgan fingerprint density at radius 3 is 2.32 bits per heavy atom. The van der Waals surface area contributed by atoms with Gasteiger partial charge in [-0.05, 0) is 59.9 Å². The summed E-state index contributed by atoms with van der Waals surface area (Å²) in [6.07, 6.45) is 0. The topological polar surface area (TPSA) is 29.1 Å². The molecular weight excluding hydrogens is 472 g/mol. The molecule has 1 aromatic heterocycles. The molecule has 2 rings (SSSR count). The monoisotopic (exact) mass is 473 g/mol. The van der Waals surface area contributed by atoms with Crippen molar-refractivity contribution in [2.24, 2.45) is 0 Å². The van der Waals surface area contributed by atoms with Gasteiger partial charge in [0, 0.05) is 10.5 Å². The summed E-state index contributed by atoms with van der Waals surface area (Å²) in [6, 6.07) is 3.48. The van der Waals surface area contributed by atoms with Gasteiger partial charge in [0.05, 0.1) is 18.8 Å². The van der Waals surface area contributed by atoms with Crippen LogP contribution in [0.5, 0.6) is 0 Å². The smallest absolute Gasteiger partial charge is 0.265 e. The minimum absolute atomic E-state index is 0.00427. The van der Waals surface area contributed by atoms with Crippen LogP contribution in [0.2, 0.25) is 0 Å². The van der Waals surface area contributed by atoms with E-state index >= 15 is 0 Å². The molecule has 0 aliphatic carbocycles. The molecule has 0 spiro atoms. The van der Waals surface area contributed by atoms with Gasteiger partial charge in [-0.15, -0.1) is 11.3 Å². The summed E-state index contributed by atoms with van der Waals surface area (Å²) >= 11 is 10.6. The van der Waals surface area contributed by atoms with E-state index in [-0.39, 0.29) is 10.2 Å². The maximum absolute atomic E-state index is 13.6. The lowest BCUT2D eigenvalue weighted by Crippen LogP contribution is -2.11. The lowest BCUT2D eigenvalue weighted by molar-refractivity contribution is 0.103. The van der Waals surface area contributed by atoms with E-state index in [1.807, 2.05) is 0 Å². The second kappa shape index (κ2) is 5.99. The maximum atomic E-state index is 13.6. The summed E-state index contributed by atoms with van der Waals surface area (Å²) in [5, 5.41) is 2.33. The Morgan fingerprint density at radius 2 is 1.74 bits per heavy atom. The molecule has 100 valence electrons. The van der Waals surface area contributed by atoms with Crippen LogP contribution in [-0.2, 0) is 0 Å². The van der Waals surface area contributed by atoms with Gasteiger partial charge in [0.25, 0.3) is 5.91 Å². The molecule has 0 saturated carbocycles. The summed E-state index contributed by atoms with van der Waals surface area (Å²) in [6.45, 7) is 0. The van der Waals surface area contributed by atoms with Gasteiger partial charge in [0.15, 0.2) is 0 Å². The second-order valence-electron chi connectivity index (χ2n) is 3.43. The zero-order valence-electron chi connectivity index (χ0n) is 8.94. The third-order valence-electron chi connectivity index (χ3n) is 2.13. The molecule has 19 heavy (non-hydrogen) atoms. The van der Waals surface area contributed by atoms with E-state index in [0.29, 0.717) is 4.88 Å². The average molecular weight is 476 g/mol. The summed E-state index contributed by atoms with van der Waals surface area (Å²) in [7, 11) is 0. The molecule has 1 amide bonds. The van der Waals surface area contributed by atoms with E-state index in [0.717, 1.165) is 20.4 Å². The molecule has 2 nitrogen and oxygen atoms in total. The van der Waals surface area contributed by atoms with Gasteiger partial charge < -0.3 is 5.32 Å². The highest BCUT2D eigenvalue weighted by Crippen LogP contribution is 2.33. The fourth-order valence-corrected chi connectivity index (χ4v) is 3.51. The van der Waals surface area contributed by atoms with Gasteiger partial charge in [-0.3, -0.25) is 4.79 Å².